The van der Waals surface area contributed by atoms with Gasteiger partial charge in [0.25, 0.3) is 0 Å². The first-order chi connectivity index (χ1) is 13.2. The maximum absolute atomic E-state index is 11.9. The van der Waals surface area contributed by atoms with Gasteiger partial charge < -0.3 is 4.57 Å². The lowest BCUT2D eigenvalue weighted by Crippen LogP contribution is -2.13. The van der Waals surface area contributed by atoms with E-state index in [1.165, 1.54) is 12.8 Å². The molecule has 1 fully saturated rings. The number of fused-ring (bicyclic) bond motifs is 1. The monoisotopic (exact) mass is 365 g/mol. The first kappa shape index (κ1) is 17.9. The van der Waals surface area contributed by atoms with Crippen molar-refractivity contribution in [1.29, 1.82) is 0 Å². The van der Waals surface area contributed by atoms with Gasteiger partial charge in [-0.1, -0.05) is 26.7 Å². The van der Waals surface area contributed by atoms with Crippen molar-refractivity contribution < 1.29 is 4.79 Å². The molecular weight excluding hydrogens is 338 g/mol. The van der Waals surface area contributed by atoms with Crippen LogP contribution in [0.2, 0.25) is 0 Å². The summed E-state index contributed by atoms with van der Waals surface area (Å²) in [7, 11) is 0. The third-order valence-corrected chi connectivity index (χ3v) is 5.77. The van der Waals surface area contributed by atoms with E-state index in [-0.39, 0.29) is 6.04 Å². The van der Waals surface area contributed by atoms with Crippen LogP contribution in [0, 0.1) is 5.92 Å². The lowest BCUT2D eigenvalue weighted by molar-refractivity contribution is -0.120. The van der Waals surface area contributed by atoms with Gasteiger partial charge in [-0.25, -0.2) is 9.97 Å². The van der Waals surface area contributed by atoms with Gasteiger partial charge in [0.2, 0.25) is 0 Å². The average molecular weight is 365 g/mol. The summed E-state index contributed by atoms with van der Waals surface area (Å²) in [4.78, 5) is 21.3. The standard InChI is InChI=1S/C21H27N5O/c1-3-15(4-2)13-25-9-8-17-12-22-20(24-21(17)25)10-16-11-23-26(14-16)18-6-5-7-19(18)27/h8-9,11-12,14-15,18H,3-7,10,13H2,1-2H3. The molecule has 0 aliphatic heterocycles. The number of rotatable bonds is 7. The van der Waals surface area contributed by atoms with Gasteiger partial charge in [-0.2, -0.15) is 5.10 Å². The predicted molar refractivity (Wildman–Crippen MR) is 105 cm³/mol. The van der Waals surface area contributed by atoms with E-state index >= 15 is 0 Å². The maximum Gasteiger partial charge on any atom is 0.157 e. The highest BCUT2D eigenvalue weighted by atomic mass is 16.1. The summed E-state index contributed by atoms with van der Waals surface area (Å²) in [6, 6.07) is 2.00. The number of ketones is 1. The molecule has 0 amide bonds. The van der Waals surface area contributed by atoms with Crippen molar-refractivity contribution in [2.24, 2.45) is 5.92 Å². The molecule has 0 spiro atoms. The van der Waals surface area contributed by atoms with Crippen molar-refractivity contribution in [3.8, 4) is 0 Å². The van der Waals surface area contributed by atoms with Crippen LogP contribution in [0.1, 0.15) is 63.4 Å². The summed E-state index contributed by atoms with van der Waals surface area (Å²) in [5.74, 6) is 1.76. The summed E-state index contributed by atoms with van der Waals surface area (Å²) in [6.45, 7) is 5.48. The third-order valence-electron chi connectivity index (χ3n) is 5.77. The van der Waals surface area contributed by atoms with E-state index < -0.39 is 0 Å². The Morgan fingerprint density at radius 2 is 2.11 bits per heavy atom. The molecular formula is C21H27N5O. The highest BCUT2D eigenvalue weighted by molar-refractivity contribution is 5.84. The molecule has 3 heterocycles. The van der Waals surface area contributed by atoms with Gasteiger partial charge in [0.05, 0.1) is 6.20 Å². The quantitative estimate of drug-likeness (QED) is 0.636. The third kappa shape index (κ3) is 3.66. The van der Waals surface area contributed by atoms with E-state index in [9.17, 15) is 4.79 Å². The predicted octanol–water partition coefficient (Wildman–Crippen LogP) is 3.95. The SMILES string of the molecule is CCC(CC)Cn1ccc2cnc(Cc3cnn(C4CCCC4=O)c3)nc21. The van der Waals surface area contributed by atoms with Gasteiger partial charge >= 0.3 is 0 Å². The molecule has 1 aliphatic carbocycles. The van der Waals surface area contributed by atoms with Crippen LogP contribution < -0.4 is 0 Å². The minimum atomic E-state index is -0.0839. The molecule has 6 heteroatoms. The Balaban J connectivity index is 1.54. The zero-order chi connectivity index (χ0) is 18.8. The highest BCUT2D eigenvalue weighted by Crippen LogP contribution is 2.26. The van der Waals surface area contributed by atoms with E-state index in [2.05, 4.69) is 40.8 Å². The molecule has 3 aromatic heterocycles. The number of aromatic nitrogens is 5. The molecule has 27 heavy (non-hydrogen) atoms. The molecule has 0 aromatic carbocycles. The zero-order valence-corrected chi connectivity index (χ0v) is 16.1. The van der Waals surface area contributed by atoms with Gasteiger partial charge in [-0.3, -0.25) is 9.48 Å². The fourth-order valence-corrected chi connectivity index (χ4v) is 3.96. The Labute approximate surface area is 159 Å². The molecule has 1 atom stereocenters. The van der Waals surface area contributed by atoms with Crippen molar-refractivity contribution in [2.75, 3.05) is 0 Å². The first-order valence-corrected chi connectivity index (χ1v) is 10.0. The van der Waals surface area contributed by atoms with Gasteiger partial charge in [-0.15, -0.1) is 0 Å². The molecule has 0 N–H and O–H groups in total. The first-order valence-electron chi connectivity index (χ1n) is 10.0. The van der Waals surface area contributed by atoms with E-state index in [1.807, 2.05) is 23.3 Å². The van der Waals surface area contributed by atoms with Crippen molar-refractivity contribution in [2.45, 2.75) is 65.0 Å². The summed E-state index contributed by atoms with van der Waals surface area (Å²) in [5, 5.41) is 5.49. The van der Waals surface area contributed by atoms with Crippen LogP contribution in [0.3, 0.4) is 0 Å². The van der Waals surface area contributed by atoms with Crippen LogP contribution in [0.4, 0.5) is 0 Å². The molecule has 142 valence electrons. The summed E-state index contributed by atoms with van der Waals surface area (Å²) in [6.07, 6.45) is 13.3. The molecule has 0 saturated heterocycles. The highest BCUT2D eigenvalue weighted by Gasteiger charge is 2.26. The van der Waals surface area contributed by atoms with Crippen molar-refractivity contribution in [3.63, 3.8) is 0 Å². The van der Waals surface area contributed by atoms with Gasteiger partial charge in [-0.05, 0) is 30.4 Å². The molecule has 1 saturated carbocycles. The van der Waals surface area contributed by atoms with Crippen molar-refractivity contribution in [3.05, 3.63) is 42.2 Å². The van der Waals surface area contributed by atoms with Crippen LogP contribution >= 0.6 is 0 Å². The summed E-state index contributed by atoms with van der Waals surface area (Å²) < 4.78 is 4.07. The minimum Gasteiger partial charge on any atom is -0.332 e. The van der Waals surface area contributed by atoms with E-state index in [1.54, 1.807) is 0 Å². The zero-order valence-electron chi connectivity index (χ0n) is 16.1. The smallest absolute Gasteiger partial charge is 0.157 e. The van der Waals surface area contributed by atoms with Crippen LogP contribution in [0.25, 0.3) is 11.0 Å². The number of hydrogen-bond acceptors (Lipinski definition) is 4. The second kappa shape index (κ2) is 7.62. The molecule has 0 bridgehead atoms. The number of Topliss-reactive ketones (excluding diaryl/α,β-unsaturated/α-hetero) is 1. The normalized spacial score (nSPS) is 17.4. The van der Waals surface area contributed by atoms with Crippen molar-refractivity contribution in [1.82, 2.24) is 24.3 Å². The van der Waals surface area contributed by atoms with Crippen LogP contribution in [-0.2, 0) is 17.8 Å². The Morgan fingerprint density at radius 1 is 1.26 bits per heavy atom. The molecule has 1 unspecified atom stereocenters. The van der Waals surface area contributed by atoms with Gasteiger partial charge in [0.15, 0.2) is 5.78 Å². The Kier molecular flexibility index (Phi) is 5.05. The van der Waals surface area contributed by atoms with Gasteiger partial charge in [0.1, 0.15) is 17.5 Å². The van der Waals surface area contributed by atoms with Crippen LogP contribution in [-0.4, -0.2) is 30.1 Å². The van der Waals surface area contributed by atoms with Crippen LogP contribution in [0.5, 0.6) is 0 Å². The van der Waals surface area contributed by atoms with E-state index in [0.29, 0.717) is 24.5 Å². The fraction of sp³-hybridized carbons (Fsp3) is 0.524. The summed E-state index contributed by atoms with van der Waals surface area (Å²) >= 11 is 0. The van der Waals surface area contributed by atoms with Crippen LogP contribution in [0.15, 0.2) is 30.9 Å². The second-order valence-corrected chi connectivity index (χ2v) is 7.60. The largest absolute Gasteiger partial charge is 0.332 e. The lowest BCUT2D eigenvalue weighted by atomic mass is 10.0. The Hall–Kier alpha value is -2.50. The van der Waals surface area contributed by atoms with Gasteiger partial charge in [0, 0.05) is 43.4 Å². The molecule has 1 aliphatic rings. The minimum absolute atomic E-state index is 0.0839. The molecule has 6 nitrogen and oxygen atoms in total. The maximum atomic E-state index is 11.9. The molecule has 3 aromatic rings. The molecule has 0 radical (unpaired) electrons. The number of nitrogens with zero attached hydrogens (tertiary/aromatic N) is 5. The fourth-order valence-electron chi connectivity index (χ4n) is 3.96. The average Bonchev–Trinajstić information content (AvgIpc) is 3.40. The topological polar surface area (TPSA) is 65.6 Å². The summed E-state index contributed by atoms with van der Waals surface area (Å²) in [5.41, 5.74) is 2.05. The second-order valence-electron chi connectivity index (χ2n) is 7.60. The number of carbonyl (C=O) groups is 1. The Bertz CT molecular complexity index is 937. The number of hydrogen-bond donors (Lipinski definition) is 0. The van der Waals surface area contributed by atoms with E-state index in [4.69, 9.17) is 4.98 Å². The molecule has 4 rings (SSSR count). The van der Waals surface area contributed by atoms with E-state index in [0.717, 1.165) is 41.8 Å². The number of carbonyl (C=O) groups excluding carboxylic acids is 1. The lowest BCUT2D eigenvalue weighted by Gasteiger charge is -2.14. The Morgan fingerprint density at radius 3 is 2.85 bits per heavy atom. The van der Waals surface area contributed by atoms with Crippen molar-refractivity contribution >= 4 is 16.8 Å².